The fourth-order valence-corrected chi connectivity index (χ4v) is 2.35. The molecule has 0 amide bonds. The number of hydrogen-bond donors (Lipinski definition) is 2. The number of hydrogen-bond acceptors (Lipinski definition) is 6. The Kier molecular flexibility index (Phi) is 4.18. The van der Waals surface area contributed by atoms with Gasteiger partial charge in [-0.25, -0.2) is 4.98 Å². The quantitative estimate of drug-likeness (QED) is 0.589. The number of nitrogens with two attached hydrogens (primary N) is 1. The van der Waals surface area contributed by atoms with E-state index in [9.17, 15) is 0 Å². The van der Waals surface area contributed by atoms with Crippen LogP contribution in [0.4, 0.5) is 0 Å². The SMILES string of the molecule is CCCn1ncnc1CC(NN)c1cncs1. The van der Waals surface area contributed by atoms with Gasteiger partial charge in [0.05, 0.1) is 11.6 Å². The minimum absolute atomic E-state index is 0.0438. The smallest absolute Gasteiger partial charge is 0.138 e. The third kappa shape index (κ3) is 2.87. The molecule has 0 saturated carbocycles. The highest BCUT2D eigenvalue weighted by molar-refractivity contribution is 7.09. The van der Waals surface area contributed by atoms with Crippen molar-refractivity contribution in [3.05, 3.63) is 28.7 Å². The van der Waals surface area contributed by atoms with E-state index in [1.807, 2.05) is 10.9 Å². The van der Waals surface area contributed by atoms with E-state index in [1.165, 1.54) is 0 Å². The van der Waals surface area contributed by atoms with Crippen LogP contribution in [-0.4, -0.2) is 19.7 Å². The summed E-state index contributed by atoms with van der Waals surface area (Å²) in [6.45, 7) is 3.00. The Balaban J connectivity index is 2.10. The summed E-state index contributed by atoms with van der Waals surface area (Å²) in [5, 5.41) is 4.20. The van der Waals surface area contributed by atoms with Gasteiger partial charge in [0.25, 0.3) is 0 Å². The van der Waals surface area contributed by atoms with Crippen LogP contribution >= 0.6 is 11.3 Å². The highest BCUT2D eigenvalue weighted by Gasteiger charge is 2.15. The van der Waals surface area contributed by atoms with Gasteiger partial charge in [0.2, 0.25) is 0 Å². The lowest BCUT2D eigenvalue weighted by Crippen LogP contribution is -2.30. The van der Waals surface area contributed by atoms with Crippen molar-refractivity contribution in [2.24, 2.45) is 5.84 Å². The summed E-state index contributed by atoms with van der Waals surface area (Å²) in [7, 11) is 0. The van der Waals surface area contributed by atoms with Gasteiger partial charge in [-0.05, 0) is 6.42 Å². The first kappa shape index (κ1) is 12.2. The molecule has 2 aromatic heterocycles. The third-order valence-corrected chi connectivity index (χ3v) is 3.40. The molecule has 0 spiro atoms. The van der Waals surface area contributed by atoms with Gasteiger partial charge in [0.1, 0.15) is 12.2 Å². The topological polar surface area (TPSA) is 81.7 Å². The lowest BCUT2D eigenvalue weighted by Gasteiger charge is -2.13. The van der Waals surface area contributed by atoms with Crippen molar-refractivity contribution in [1.29, 1.82) is 0 Å². The molecule has 3 N–H and O–H groups in total. The standard InChI is InChI=1S/C10H16N6S/c1-2-3-16-10(13-6-14-16)4-8(15-11)9-5-12-7-17-9/h5-8,15H,2-4,11H2,1H3. The fraction of sp³-hybridized carbons (Fsp3) is 0.500. The molecule has 0 aromatic carbocycles. The molecule has 1 atom stereocenters. The first-order valence-corrected chi connectivity index (χ1v) is 6.44. The van der Waals surface area contributed by atoms with Gasteiger partial charge in [0, 0.05) is 24.0 Å². The Morgan fingerprint density at radius 3 is 3.12 bits per heavy atom. The normalized spacial score (nSPS) is 12.8. The Morgan fingerprint density at radius 1 is 1.59 bits per heavy atom. The molecule has 7 heteroatoms. The molecule has 0 aliphatic carbocycles. The van der Waals surface area contributed by atoms with Gasteiger partial charge in [-0.3, -0.25) is 20.9 Å². The summed E-state index contributed by atoms with van der Waals surface area (Å²) < 4.78 is 1.92. The van der Waals surface area contributed by atoms with Gasteiger partial charge >= 0.3 is 0 Å². The van der Waals surface area contributed by atoms with Crippen LogP contribution in [0.3, 0.4) is 0 Å². The first-order valence-electron chi connectivity index (χ1n) is 5.56. The maximum Gasteiger partial charge on any atom is 0.138 e. The zero-order valence-corrected chi connectivity index (χ0v) is 10.5. The molecule has 17 heavy (non-hydrogen) atoms. The lowest BCUT2D eigenvalue weighted by atomic mass is 10.2. The zero-order chi connectivity index (χ0) is 12.1. The molecule has 0 aliphatic rings. The molecule has 0 radical (unpaired) electrons. The number of aromatic nitrogens is 4. The molecule has 1 unspecified atom stereocenters. The van der Waals surface area contributed by atoms with E-state index in [0.29, 0.717) is 0 Å². The van der Waals surface area contributed by atoms with Crippen LogP contribution < -0.4 is 11.3 Å². The summed E-state index contributed by atoms with van der Waals surface area (Å²) in [4.78, 5) is 9.44. The zero-order valence-electron chi connectivity index (χ0n) is 9.71. The van der Waals surface area contributed by atoms with Crippen LogP contribution in [0, 0.1) is 0 Å². The van der Waals surface area contributed by atoms with Crippen molar-refractivity contribution in [2.45, 2.75) is 32.4 Å². The first-order chi connectivity index (χ1) is 8.35. The molecular weight excluding hydrogens is 236 g/mol. The third-order valence-electron chi connectivity index (χ3n) is 2.51. The monoisotopic (exact) mass is 252 g/mol. The second-order valence-corrected chi connectivity index (χ2v) is 4.64. The summed E-state index contributed by atoms with van der Waals surface area (Å²) >= 11 is 1.59. The summed E-state index contributed by atoms with van der Waals surface area (Å²) in [6.07, 6.45) is 5.18. The van der Waals surface area contributed by atoms with Gasteiger partial charge in [-0.2, -0.15) is 5.10 Å². The van der Waals surface area contributed by atoms with Gasteiger partial charge < -0.3 is 0 Å². The van der Waals surface area contributed by atoms with E-state index in [2.05, 4.69) is 27.4 Å². The molecule has 6 nitrogen and oxygen atoms in total. The van der Waals surface area contributed by atoms with Crippen molar-refractivity contribution in [1.82, 2.24) is 25.2 Å². The Morgan fingerprint density at radius 2 is 2.47 bits per heavy atom. The number of rotatable bonds is 6. The van der Waals surface area contributed by atoms with Crippen molar-refractivity contribution in [3.8, 4) is 0 Å². The predicted molar refractivity (Wildman–Crippen MR) is 66.2 cm³/mol. The minimum Gasteiger partial charge on any atom is -0.271 e. The van der Waals surface area contributed by atoms with Crippen LogP contribution in [0.5, 0.6) is 0 Å². The summed E-state index contributed by atoms with van der Waals surface area (Å²) in [5.74, 6) is 6.52. The molecule has 2 heterocycles. The van der Waals surface area contributed by atoms with Crippen molar-refractivity contribution >= 4 is 11.3 Å². The highest BCUT2D eigenvalue weighted by Crippen LogP contribution is 2.19. The van der Waals surface area contributed by atoms with Crippen LogP contribution in [0.15, 0.2) is 18.0 Å². The predicted octanol–water partition coefficient (Wildman–Crippen LogP) is 0.892. The fourth-order valence-electron chi connectivity index (χ4n) is 1.67. The van der Waals surface area contributed by atoms with Gasteiger partial charge in [-0.1, -0.05) is 6.92 Å². The van der Waals surface area contributed by atoms with E-state index in [-0.39, 0.29) is 6.04 Å². The summed E-state index contributed by atoms with van der Waals surface area (Å²) in [6, 6.07) is 0.0438. The summed E-state index contributed by atoms with van der Waals surface area (Å²) in [5.41, 5.74) is 4.60. The van der Waals surface area contributed by atoms with Gasteiger partial charge in [-0.15, -0.1) is 11.3 Å². The molecule has 0 aliphatic heterocycles. The Bertz CT molecular complexity index is 437. The molecule has 2 aromatic rings. The van der Waals surface area contributed by atoms with Crippen molar-refractivity contribution in [3.63, 3.8) is 0 Å². The number of nitrogens with zero attached hydrogens (tertiary/aromatic N) is 4. The van der Waals surface area contributed by atoms with Crippen LogP contribution in [0.2, 0.25) is 0 Å². The molecule has 2 rings (SSSR count). The number of thiazole rings is 1. The van der Waals surface area contributed by atoms with Crippen molar-refractivity contribution in [2.75, 3.05) is 0 Å². The molecule has 0 fully saturated rings. The largest absolute Gasteiger partial charge is 0.271 e. The van der Waals surface area contributed by atoms with Crippen LogP contribution in [0.25, 0.3) is 0 Å². The minimum atomic E-state index is 0.0438. The van der Waals surface area contributed by atoms with E-state index in [1.54, 1.807) is 23.2 Å². The number of aryl methyl sites for hydroxylation is 1. The maximum atomic E-state index is 5.58. The number of hydrazine groups is 1. The van der Waals surface area contributed by atoms with Crippen LogP contribution in [0.1, 0.15) is 30.1 Å². The second-order valence-electron chi connectivity index (χ2n) is 3.73. The molecule has 0 saturated heterocycles. The average molecular weight is 252 g/mol. The highest BCUT2D eigenvalue weighted by atomic mass is 32.1. The Labute approximate surface area is 104 Å². The second kappa shape index (κ2) is 5.85. The van der Waals surface area contributed by atoms with E-state index in [4.69, 9.17) is 5.84 Å². The van der Waals surface area contributed by atoms with E-state index in [0.717, 1.165) is 30.1 Å². The lowest BCUT2D eigenvalue weighted by molar-refractivity contribution is 0.503. The Hall–Kier alpha value is -1.31. The van der Waals surface area contributed by atoms with Gasteiger partial charge in [0.15, 0.2) is 0 Å². The molecular formula is C10H16N6S. The van der Waals surface area contributed by atoms with E-state index >= 15 is 0 Å². The van der Waals surface area contributed by atoms with E-state index < -0.39 is 0 Å². The molecule has 92 valence electrons. The van der Waals surface area contributed by atoms with Crippen molar-refractivity contribution < 1.29 is 0 Å². The molecule has 0 bridgehead atoms. The maximum absolute atomic E-state index is 5.58. The van der Waals surface area contributed by atoms with Crippen LogP contribution in [-0.2, 0) is 13.0 Å². The average Bonchev–Trinajstić information content (AvgIpc) is 2.97. The number of nitrogens with one attached hydrogen (secondary N) is 1.